The van der Waals surface area contributed by atoms with Crippen molar-refractivity contribution in [3.05, 3.63) is 24.2 Å². The number of furan rings is 1. The van der Waals surface area contributed by atoms with Gasteiger partial charge < -0.3 is 4.42 Å². The van der Waals surface area contributed by atoms with Crippen molar-refractivity contribution >= 4 is 11.8 Å². The van der Waals surface area contributed by atoms with Gasteiger partial charge in [0, 0.05) is 23.5 Å². The maximum Gasteiger partial charge on any atom is 0.105 e. The summed E-state index contributed by atoms with van der Waals surface area (Å²) in [6.07, 6.45) is 8.15. The minimum Gasteiger partial charge on any atom is -0.469 e. The fourth-order valence-electron chi connectivity index (χ4n) is 2.14. The third kappa shape index (κ3) is 3.54. The van der Waals surface area contributed by atoms with E-state index in [1.54, 1.807) is 6.26 Å². The zero-order valence-electron chi connectivity index (χ0n) is 9.52. The van der Waals surface area contributed by atoms with E-state index in [0.717, 1.165) is 23.2 Å². The molecule has 3 N–H and O–H groups in total. The molecule has 1 atom stereocenters. The Morgan fingerprint density at radius 3 is 2.94 bits per heavy atom. The van der Waals surface area contributed by atoms with Crippen LogP contribution in [0.15, 0.2) is 22.8 Å². The summed E-state index contributed by atoms with van der Waals surface area (Å²) < 4.78 is 5.33. The molecule has 0 spiro atoms. The summed E-state index contributed by atoms with van der Waals surface area (Å²) in [4.78, 5) is 0. The Hall–Kier alpha value is -0.450. The molecule has 2 rings (SSSR count). The molecule has 1 aromatic heterocycles. The molecule has 1 aliphatic rings. The van der Waals surface area contributed by atoms with Crippen LogP contribution in [0, 0.1) is 0 Å². The number of nitrogens with one attached hydrogen (secondary N) is 1. The number of nitrogens with two attached hydrogens (primary N) is 1. The van der Waals surface area contributed by atoms with Gasteiger partial charge in [-0.2, -0.15) is 11.8 Å². The van der Waals surface area contributed by atoms with E-state index in [1.165, 1.54) is 25.7 Å². The lowest BCUT2D eigenvalue weighted by atomic mass is 10.2. The van der Waals surface area contributed by atoms with Crippen LogP contribution >= 0.6 is 11.8 Å². The van der Waals surface area contributed by atoms with Crippen molar-refractivity contribution in [3.8, 4) is 0 Å². The topological polar surface area (TPSA) is 51.2 Å². The molecule has 1 aliphatic carbocycles. The number of rotatable bonds is 6. The minimum atomic E-state index is 0.316. The second-order valence-corrected chi connectivity index (χ2v) is 5.72. The van der Waals surface area contributed by atoms with Gasteiger partial charge in [0.25, 0.3) is 0 Å². The zero-order chi connectivity index (χ0) is 11.2. The van der Waals surface area contributed by atoms with Crippen LogP contribution in [0.25, 0.3) is 0 Å². The predicted molar refractivity (Wildman–Crippen MR) is 68.2 cm³/mol. The highest BCUT2D eigenvalue weighted by Gasteiger charge is 2.18. The molecule has 0 amide bonds. The molecule has 0 aliphatic heterocycles. The van der Waals surface area contributed by atoms with Crippen LogP contribution in [0.3, 0.4) is 0 Å². The van der Waals surface area contributed by atoms with Crippen LogP contribution < -0.4 is 11.3 Å². The van der Waals surface area contributed by atoms with Gasteiger partial charge in [0.1, 0.15) is 5.76 Å². The first-order valence-electron chi connectivity index (χ1n) is 5.98. The third-order valence-electron chi connectivity index (χ3n) is 3.10. The molecule has 1 fully saturated rings. The Kier molecular flexibility index (Phi) is 4.75. The van der Waals surface area contributed by atoms with Crippen molar-refractivity contribution in [2.45, 2.75) is 43.4 Å². The summed E-state index contributed by atoms with van der Waals surface area (Å²) in [5, 5.41) is 0.854. The van der Waals surface area contributed by atoms with E-state index < -0.39 is 0 Å². The van der Waals surface area contributed by atoms with Crippen molar-refractivity contribution < 1.29 is 4.42 Å². The molecule has 0 radical (unpaired) electrons. The van der Waals surface area contributed by atoms with Crippen molar-refractivity contribution in [3.63, 3.8) is 0 Å². The molecule has 1 aromatic rings. The van der Waals surface area contributed by atoms with Crippen molar-refractivity contribution in [2.24, 2.45) is 5.84 Å². The lowest BCUT2D eigenvalue weighted by Gasteiger charge is -2.16. The molecule has 1 saturated carbocycles. The maximum absolute atomic E-state index is 5.57. The summed E-state index contributed by atoms with van der Waals surface area (Å²) in [6.45, 7) is 0. The lowest BCUT2D eigenvalue weighted by molar-refractivity contribution is 0.465. The first kappa shape index (κ1) is 12.0. The fourth-order valence-corrected chi connectivity index (χ4v) is 3.53. The maximum atomic E-state index is 5.57. The van der Waals surface area contributed by atoms with E-state index in [-0.39, 0.29) is 0 Å². The first-order chi connectivity index (χ1) is 7.88. The van der Waals surface area contributed by atoms with Gasteiger partial charge in [-0.25, -0.2) is 0 Å². The van der Waals surface area contributed by atoms with Gasteiger partial charge in [-0.15, -0.1) is 0 Å². The van der Waals surface area contributed by atoms with Crippen LogP contribution in [0.5, 0.6) is 0 Å². The van der Waals surface area contributed by atoms with Crippen LogP contribution in [0.1, 0.15) is 31.4 Å². The van der Waals surface area contributed by atoms with Gasteiger partial charge in [-0.05, 0) is 25.0 Å². The van der Waals surface area contributed by atoms with Crippen LogP contribution in [0.2, 0.25) is 0 Å². The minimum absolute atomic E-state index is 0.316. The van der Waals surface area contributed by atoms with Crippen molar-refractivity contribution in [1.82, 2.24) is 5.43 Å². The van der Waals surface area contributed by atoms with E-state index >= 15 is 0 Å². The van der Waals surface area contributed by atoms with Crippen LogP contribution in [-0.2, 0) is 6.42 Å². The SMILES string of the molecule is NNC(CSC1CCCC1)Cc1ccco1. The molecular weight excluding hydrogens is 220 g/mol. The second-order valence-electron chi connectivity index (χ2n) is 4.39. The predicted octanol–water partition coefficient (Wildman–Crippen LogP) is 2.33. The van der Waals surface area contributed by atoms with Crippen LogP contribution in [-0.4, -0.2) is 17.0 Å². The zero-order valence-corrected chi connectivity index (χ0v) is 10.3. The van der Waals surface area contributed by atoms with Crippen molar-refractivity contribution in [1.29, 1.82) is 0 Å². The normalized spacial score (nSPS) is 19.1. The summed E-state index contributed by atoms with van der Waals surface area (Å²) in [5.41, 5.74) is 2.88. The largest absolute Gasteiger partial charge is 0.469 e. The summed E-state index contributed by atoms with van der Waals surface area (Å²) in [6, 6.07) is 4.24. The summed E-state index contributed by atoms with van der Waals surface area (Å²) >= 11 is 2.05. The van der Waals surface area contributed by atoms with E-state index in [0.29, 0.717) is 6.04 Å². The van der Waals surface area contributed by atoms with Gasteiger partial charge in [-0.3, -0.25) is 11.3 Å². The lowest BCUT2D eigenvalue weighted by Crippen LogP contribution is -2.39. The summed E-state index contributed by atoms with van der Waals surface area (Å²) in [7, 11) is 0. The molecule has 1 heterocycles. The van der Waals surface area contributed by atoms with E-state index in [1.807, 2.05) is 12.1 Å². The molecule has 16 heavy (non-hydrogen) atoms. The Labute approximate surface area is 101 Å². The quantitative estimate of drug-likeness (QED) is 0.592. The average Bonchev–Trinajstić information content (AvgIpc) is 2.97. The van der Waals surface area contributed by atoms with Gasteiger partial charge in [0.05, 0.1) is 6.26 Å². The average molecular weight is 240 g/mol. The highest BCUT2D eigenvalue weighted by Crippen LogP contribution is 2.29. The van der Waals surface area contributed by atoms with Gasteiger partial charge >= 0.3 is 0 Å². The molecule has 3 nitrogen and oxygen atoms in total. The fraction of sp³-hybridized carbons (Fsp3) is 0.667. The van der Waals surface area contributed by atoms with E-state index in [2.05, 4.69) is 17.2 Å². The standard InChI is InChI=1S/C12H20N2OS/c13-14-10(8-11-4-3-7-15-11)9-16-12-5-1-2-6-12/h3-4,7,10,12,14H,1-2,5-6,8-9,13H2. The smallest absolute Gasteiger partial charge is 0.105 e. The molecule has 0 aromatic carbocycles. The molecule has 0 bridgehead atoms. The second kappa shape index (κ2) is 6.33. The molecule has 0 saturated heterocycles. The third-order valence-corrected chi connectivity index (χ3v) is 4.64. The van der Waals surface area contributed by atoms with E-state index in [9.17, 15) is 0 Å². The molecule has 4 heteroatoms. The highest BCUT2D eigenvalue weighted by atomic mass is 32.2. The summed E-state index contributed by atoms with van der Waals surface area (Å²) in [5.74, 6) is 7.65. The van der Waals surface area contributed by atoms with Gasteiger partial charge in [0.15, 0.2) is 0 Å². The molecule has 1 unspecified atom stereocenters. The number of hydrogen-bond donors (Lipinski definition) is 2. The number of hydrogen-bond acceptors (Lipinski definition) is 4. The monoisotopic (exact) mass is 240 g/mol. The number of thioether (sulfide) groups is 1. The molecule has 90 valence electrons. The Morgan fingerprint density at radius 2 is 2.31 bits per heavy atom. The van der Waals surface area contributed by atoms with E-state index in [4.69, 9.17) is 10.3 Å². The number of hydrazine groups is 1. The van der Waals surface area contributed by atoms with Crippen LogP contribution in [0.4, 0.5) is 0 Å². The Balaban J connectivity index is 1.72. The molecular formula is C12H20N2OS. The van der Waals surface area contributed by atoms with Gasteiger partial charge in [-0.1, -0.05) is 12.8 Å². The first-order valence-corrected chi connectivity index (χ1v) is 7.03. The highest BCUT2D eigenvalue weighted by molar-refractivity contribution is 7.99. The van der Waals surface area contributed by atoms with Crippen molar-refractivity contribution in [2.75, 3.05) is 5.75 Å². The van der Waals surface area contributed by atoms with Gasteiger partial charge in [0.2, 0.25) is 0 Å². The Bertz CT molecular complexity index is 283. The Morgan fingerprint density at radius 1 is 1.50 bits per heavy atom.